The first-order valence-corrected chi connectivity index (χ1v) is 15.3. The summed E-state index contributed by atoms with van der Waals surface area (Å²) in [6.45, 7) is 2.49. The van der Waals surface area contributed by atoms with E-state index in [1.807, 2.05) is 67.6 Å². The molecule has 2 aromatic rings. The van der Waals surface area contributed by atoms with Gasteiger partial charge in [-0.2, -0.15) is 0 Å². The molecule has 228 valence electrons. The number of hydrogen-bond acceptors (Lipinski definition) is 6. The summed E-state index contributed by atoms with van der Waals surface area (Å²) in [5, 5.41) is 6.29. The zero-order valence-electron chi connectivity index (χ0n) is 25.1. The van der Waals surface area contributed by atoms with Crippen molar-refractivity contribution in [3.05, 3.63) is 71.8 Å². The summed E-state index contributed by atoms with van der Waals surface area (Å²) < 4.78 is 17.2. The number of hydrogen-bond donors (Lipinski definition) is 2. The van der Waals surface area contributed by atoms with Crippen LogP contribution in [-0.4, -0.2) is 66.7 Å². The number of nitrogens with zero attached hydrogens (tertiary/aromatic N) is 1. The van der Waals surface area contributed by atoms with E-state index in [9.17, 15) is 14.4 Å². The van der Waals surface area contributed by atoms with Crippen LogP contribution >= 0.6 is 0 Å². The lowest BCUT2D eigenvalue weighted by Crippen LogP contribution is -2.57. The molecule has 5 atom stereocenters. The second-order valence-electron chi connectivity index (χ2n) is 12.4. The Morgan fingerprint density at radius 1 is 0.907 bits per heavy atom. The second kappa shape index (κ2) is 11.7. The van der Waals surface area contributed by atoms with Crippen LogP contribution in [0.15, 0.2) is 60.7 Å². The molecule has 2 N–H and O–H groups in total. The molecule has 0 aromatic heterocycles. The molecular formula is C34H41N3O6. The van der Waals surface area contributed by atoms with Crippen LogP contribution < -0.4 is 20.1 Å². The third kappa shape index (κ3) is 5.28. The zero-order valence-corrected chi connectivity index (χ0v) is 25.1. The number of benzene rings is 2. The van der Waals surface area contributed by atoms with E-state index >= 15 is 0 Å². The number of fused-ring (bicyclic) bond motifs is 1. The van der Waals surface area contributed by atoms with E-state index < -0.39 is 29.1 Å². The van der Waals surface area contributed by atoms with Crippen LogP contribution in [0.4, 0.5) is 0 Å². The van der Waals surface area contributed by atoms with Crippen LogP contribution in [0.2, 0.25) is 0 Å². The van der Waals surface area contributed by atoms with Crippen molar-refractivity contribution in [3.8, 4) is 11.5 Å². The van der Waals surface area contributed by atoms with Crippen molar-refractivity contribution in [1.29, 1.82) is 0 Å². The number of ether oxygens (including phenoxy) is 3. The van der Waals surface area contributed by atoms with Gasteiger partial charge in [0, 0.05) is 19.1 Å². The van der Waals surface area contributed by atoms with Gasteiger partial charge in [-0.05, 0) is 61.6 Å². The molecule has 9 nitrogen and oxygen atoms in total. The number of likely N-dealkylation sites (tertiary alicyclic amines) is 1. The fraction of sp³-hybridized carbons (Fsp3) is 0.500. The maximum Gasteiger partial charge on any atom is 0.246 e. The van der Waals surface area contributed by atoms with Gasteiger partial charge in [-0.15, -0.1) is 0 Å². The van der Waals surface area contributed by atoms with Gasteiger partial charge < -0.3 is 29.7 Å². The van der Waals surface area contributed by atoms with E-state index in [0.717, 1.165) is 48.3 Å². The minimum absolute atomic E-state index is 0.0806. The van der Waals surface area contributed by atoms with Gasteiger partial charge in [0.25, 0.3) is 0 Å². The van der Waals surface area contributed by atoms with Crippen molar-refractivity contribution in [2.24, 2.45) is 11.8 Å². The minimum atomic E-state index is -1.20. The van der Waals surface area contributed by atoms with Crippen LogP contribution in [0.25, 0.3) is 0 Å². The SMILES string of the molecule is COc1ccc(CCN2C(=O)[C@@H]3[C@H](C(=O)NCc4ccc(OC)cc4)[C@]4(C)C=C[C@]3(O4)[C@H]2C(=O)NC2CCCCC2)cc1. The van der Waals surface area contributed by atoms with E-state index in [1.165, 1.54) is 6.42 Å². The Hall–Kier alpha value is -3.85. The highest BCUT2D eigenvalue weighted by molar-refractivity contribution is 6.00. The predicted molar refractivity (Wildman–Crippen MR) is 160 cm³/mol. The summed E-state index contributed by atoms with van der Waals surface area (Å²) in [6.07, 6.45) is 9.50. The van der Waals surface area contributed by atoms with Crippen molar-refractivity contribution in [2.75, 3.05) is 20.8 Å². The van der Waals surface area contributed by atoms with Gasteiger partial charge in [0.2, 0.25) is 17.7 Å². The van der Waals surface area contributed by atoms with Crippen molar-refractivity contribution in [3.63, 3.8) is 0 Å². The molecule has 1 aliphatic carbocycles. The largest absolute Gasteiger partial charge is 0.497 e. The number of carbonyl (C=O) groups excluding carboxylic acids is 3. The van der Waals surface area contributed by atoms with E-state index in [1.54, 1.807) is 19.1 Å². The maximum atomic E-state index is 14.3. The Morgan fingerprint density at radius 2 is 1.53 bits per heavy atom. The lowest BCUT2D eigenvalue weighted by atomic mass is 9.70. The third-order valence-corrected chi connectivity index (χ3v) is 9.71. The Kier molecular flexibility index (Phi) is 7.94. The summed E-state index contributed by atoms with van der Waals surface area (Å²) in [5.74, 6) is -0.742. The lowest BCUT2D eigenvalue weighted by molar-refractivity contribution is -0.145. The standard InChI is InChI=1S/C34H41N3O6/c1-33-18-19-34(43-33)28(27(33)30(38)35-21-23-11-15-26(42-3)16-12-23)32(40)37(20-17-22-9-13-25(41-2)14-10-22)29(34)31(39)36-24-7-5-4-6-8-24/h9-16,18-19,24,27-29H,4-8,17,20-21H2,1-3H3,(H,35,38)(H,36,39)/t27-,28+,29-,33+,34-/m1/s1. The first kappa shape index (κ1) is 29.2. The first-order valence-electron chi connectivity index (χ1n) is 15.3. The molecule has 43 heavy (non-hydrogen) atoms. The highest BCUT2D eigenvalue weighted by Gasteiger charge is 2.76. The Labute approximate surface area is 252 Å². The molecule has 2 bridgehead atoms. The molecule has 2 saturated heterocycles. The van der Waals surface area contributed by atoms with E-state index in [4.69, 9.17) is 14.2 Å². The van der Waals surface area contributed by atoms with Gasteiger partial charge in [-0.25, -0.2) is 0 Å². The van der Waals surface area contributed by atoms with Crippen LogP contribution in [-0.2, 0) is 32.1 Å². The molecule has 2 aromatic carbocycles. The van der Waals surface area contributed by atoms with E-state index in [0.29, 0.717) is 19.5 Å². The Bertz CT molecular complexity index is 1390. The molecule has 0 unspecified atom stereocenters. The number of amides is 3. The average Bonchev–Trinajstić information content (AvgIpc) is 3.60. The first-order chi connectivity index (χ1) is 20.8. The van der Waals surface area contributed by atoms with E-state index in [2.05, 4.69) is 10.6 Å². The van der Waals surface area contributed by atoms with Crippen LogP contribution in [0.3, 0.4) is 0 Å². The number of methoxy groups -OCH3 is 2. The van der Waals surface area contributed by atoms with Crippen LogP contribution in [0.1, 0.15) is 50.2 Å². The smallest absolute Gasteiger partial charge is 0.246 e. The van der Waals surface area contributed by atoms with Crippen LogP contribution in [0, 0.1) is 11.8 Å². The van der Waals surface area contributed by atoms with Gasteiger partial charge in [0.15, 0.2) is 0 Å². The molecule has 9 heteroatoms. The monoisotopic (exact) mass is 587 g/mol. The lowest BCUT2D eigenvalue weighted by Gasteiger charge is -2.34. The fourth-order valence-corrected chi connectivity index (χ4v) is 7.48. The quantitative estimate of drug-likeness (QED) is 0.412. The maximum absolute atomic E-state index is 14.3. The topological polar surface area (TPSA) is 106 Å². The number of rotatable bonds is 10. The molecular weight excluding hydrogens is 546 g/mol. The summed E-state index contributed by atoms with van der Waals surface area (Å²) in [4.78, 5) is 43.9. The summed E-state index contributed by atoms with van der Waals surface area (Å²) in [6, 6.07) is 14.4. The number of carbonyl (C=O) groups is 3. The van der Waals surface area contributed by atoms with Gasteiger partial charge in [-0.1, -0.05) is 55.7 Å². The summed E-state index contributed by atoms with van der Waals surface area (Å²) in [7, 11) is 3.23. The van der Waals surface area contributed by atoms with Gasteiger partial charge in [0.05, 0.1) is 31.7 Å². The molecule has 1 saturated carbocycles. The highest BCUT2D eigenvalue weighted by atomic mass is 16.5. The molecule has 6 rings (SSSR count). The van der Waals surface area contributed by atoms with Crippen molar-refractivity contribution >= 4 is 17.7 Å². The zero-order chi connectivity index (χ0) is 30.2. The van der Waals surface area contributed by atoms with E-state index in [-0.39, 0.29) is 23.8 Å². The molecule has 1 spiro atoms. The Morgan fingerprint density at radius 3 is 2.16 bits per heavy atom. The van der Waals surface area contributed by atoms with Crippen molar-refractivity contribution < 1.29 is 28.6 Å². The van der Waals surface area contributed by atoms with Crippen LogP contribution in [0.5, 0.6) is 11.5 Å². The fourth-order valence-electron chi connectivity index (χ4n) is 7.48. The van der Waals surface area contributed by atoms with Gasteiger partial charge in [-0.3, -0.25) is 14.4 Å². The molecule has 3 aliphatic heterocycles. The van der Waals surface area contributed by atoms with Gasteiger partial charge in [0.1, 0.15) is 23.1 Å². The molecule has 3 heterocycles. The molecule has 3 fully saturated rings. The van der Waals surface area contributed by atoms with Gasteiger partial charge >= 0.3 is 0 Å². The normalized spacial score (nSPS) is 29.4. The predicted octanol–water partition coefficient (Wildman–Crippen LogP) is 3.55. The second-order valence-corrected chi connectivity index (χ2v) is 12.4. The molecule has 4 aliphatic rings. The van der Waals surface area contributed by atoms with Crippen molar-refractivity contribution in [2.45, 2.75) is 75.3 Å². The minimum Gasteiger partial charge on any atom is -0.497 e. The third-order valence-electron chi connectivity index (χ3n) is 9.71. The average molecular weight is 588 g/mol. The summed E-state index contributed by atoms with van der Waals surface area (Å²) in [5.41, 5.74) is -0.254. The Balaban J connectivity index is 1.26. The van der Waals surface area contributed by atoms with Crippen molar-refractivity contribution in [1.82, 2.24) is 15.5 Å². The molecule has 0 radical (unpaired) electrons. The molecule has 3 amide bonds. The summed E-state index contributed by atoms with van der Waals surface area (Å²) >= 11 is 0. The number of nitrogens with one attached hydrogen (secondary N) is 2. The highest BCUT2D eigenvalue weighted by Crippen LogP contribution is 2.59.